The molecule has 140 valence electrons. The van der Waals surface area contributed by atoms with Gasteiger partial charge in [0.15, 0.2) is 0 Å². The second-order valence-electron chi connectivity index (χ2n) is 6.33. The highest BCUT2D eigenvalue weighted by Crippen LogP contribution is 2.48. The van der Waals surface area contributed by atoms with Crippen molar-refractivity contribution in [3.05, 3.63) is 35.9 Å². The molecule has 2 aliphatic rings. The molecule has 2 heterocycles. The quantitative estimate of drug-likeness (QED) is 0.382. The van der Waals surface area contributed by atoms with Crippen LogP contribution in [0, 0.1) is 0 Å². The molecule has 1 aromatic rings. The first-order valence-electron chi connectivity index (χ1n) is 9.65. The van der Waals surface area contributed by atoms with Gasteiger partial charge in [0.05, 0.1) is 18.8 Å². The molecule has 5 nitrogen and oxygen atoms in total. The molecule has 2 saturated heterocycles. The molecular formula is C18H25BNO4PS. The lowest BCUT2D eigenvalue weighted by molar-refractivity contribution is 0.0495. The highest BCUT2D eigenvalue weighted by molar-refractivity contribution is 8.14. The third-order valence-corrected chi connectivity index (χ3v) is 6.88. The first-order chi connectivity index (χ1) is 13.2. The lowest BCUT2D eigenvalue weighted by Crippen LogP contribution is -2.25. The van der Waals surface area contributed by atoms with E-state index in [0.717, 1.165) is 25.9 Å². The Morgan fingerprint density at radius 1 is 1.42 bits per heavy atom. The number of rotatable bonds is 8. The molecule has 2 radical (unpaired) electrons. The van der Waals surface area contributed by atoms with Crippen LogP contribution in [0.2, 0.25) is 0 Å². The van der Waals surface area contributed by atoms with E-state index in [9.17, 15) is 4.79 Å². The summed E-state index contributed by atoms with van der Waals surface area (Å²) in [6, 6.07) is 8.89. The summed E-state index contributed by atoms with van der Waals surface area (Å²) >= 11 is 1.26. The molecule has 8 heteroatoms. The van der Waals surface area contributed by atoms with E-state index in [0.29, 0.717) is 24.3 Å². The molecule has 2 fully saturated rings. The third kappa shape index (κ3) is 5.78. The van der Waals surface area contributed by atoms with Crippen molar-refractivity contribution in [2.75, 3.05) is 25.4 Å². The molecule has 26 heavy (non-hydrogen) atoms. The lowest BCUT2D eigenvalue weighted by Gasteiger charge is -2.29. The summed E-state index contributed by atoms with van der Waals surface area (Å²) in [5.74, 6) is 0.576. The van der Waals surface area contributed by atoms with E-state index >= 15 is 0 Å². The van der Waals surface area contributed by atoms with E-state index in [1.54, 1.807) is 0 Å². The molecule has 0 saturated carbocycles. The van der Waals surface area contributed by atoms with E-state index in [1.807, 2.05) is 30.3 Å². The summed E-state index contributed by atoms with van der Waals surface area (Å²) in [5.41, 5.74) is 0.705. The summed E-state index contributed by atoms with van der Waals surface area (Å²) in [6.45, 7) is 2.47. The Hall–Kier alpha value is -0.425. The highest BCUT2D eigenvalue weighted by Gasteiger charge is 2.35. The van der Waals surface area contributed by atoms with Gasteiger partial charge in [-0.25, -0.2) is 4.67 Å². The average Bonchev–Trinajstić information content (AvgIpc) is 3.34. The van der Waals surface area contributed by atoms with Gasteiger partial charge in [-0.1, -0.05) is 42.1 Å². The molecule has 2 aliphatic heterocycles. The monoisotopic (exact) mass is 394 g/mol. The molecule has 0 aliphatic carbocycles. The van der Waals surface area contributed by atoms with E-state index in [2.05, 4.69) is 4.67 Å². The van der Waals surface area contributed by atoms with E-state index < -0.39 is 8.53 Å². The smallest absolute Gasteiger partial charge is 0.259 e. The van der Waals surface area contributed by atoms with Crippen molar-refractivity contribution in [2.45, 2.75) is 44.4 Å². The number of hydrogen-bond donors (Lipinski definition) is 0. The Balaban J connectivity index is 1.48. The van der Waals surface area contributed by atoms with E-state index in [-0.39, 0.29) is 30.2 Å². The summed E-state index contributed by atoms with van der Waals surface area (Å²) in [6.07, 6.45) is 2.35. The largest absolute Gasteiger partial charge is 0.382 e. The van der Waals surface area contributed by atoms with Gasteiger partial charge in [-0.3, -0.25) is 4.79 Å². The average molecular weight is 394 g/mol. The van der Waals surface area contributed by atoms with E-state index in [1.165, 1.54) is 11.8 Å². The van der Waals surface area contributed by atoms with Crippen LogP contribution in [0.3, 0.4) is 0 Å². The van der Waals surface area contributed by atoms with Gasteiger partial charge in [-0.15, -0.1) is 0 Å². The zero-order chi connectivity index (χ0) is 19.1. The maximum Gasteiger partial charge on any atom is 0.259 e. The van der Waals surface area contributed by atoms with Gasteiger partial charge in [0.1, 0.15) is 7.85 Å². The van der Waals surface area contributed by atoms with Crippen molar-refractivity contribution < 1.29 is 19.9 Å². The predicted octanol–water partition coefficient (Wildman–Crippen LogP) is 3.59. The predicted molar refractivity (Wildman–Crippen MR) is 106 cm³/mol. The molecule has 4 atom stereocenters. The van der Waals surface area contributed by atoms with Gasteiger partial charge >= 0.3 is 0 Å². The van der Waals surface area contributed by atoms with Crippen molar-refractivity contribution in [2.24, 2.45) is 0 Å². The number of carbonyl (C=O) groups excluding carboxylic acids is 1. The number of carbonyl (C=O) groups is 1. The minimum Gasteiger partial charge on any atom is -0.382 e. The minimum absolute atomic E-state index is 0.0510. The van der Waals surface area contributed by atoms with Crippen molar-refractivity contribution in [3.63, 3.8) is 0 Å². The fourth-order valence-electron chi connectivity index (χ4n) is 2.92. The minimum atomic E-state index is -1.22. The van der Waals surface area contributed by atoms with Crippen LogP contribution in [0.4, 0.5) is 0 Å². The number of ether oxygens (including phenoxy) is 1. The topological polar surface area (TPSA) is 48.0 Å². The summed E-state index contributed by atoms with van der Waals surface area (Å²) in [7, 11) is 4.64. The summed E-state index contributed by atoms with van der Waals surface area (Å²) in [4.78, 5) is 12.2. The second kappa shape index (κ2) is 10.2. The summed E-state index contributed by atoms with van der Waals surface area (Å²) < 4.78 is 27.6. The molecule has 0 spiro atoms. The van der Waals surface area contributed by atoms with Gasteiger partial charge < -0.3 is 13.8 Å². The van der Waals surface area contributed by atoms with Crippen LogP contribution in [0.15, 0.2) is 30.3 Å². The van der Waals surface area contributed by atoms with Crippen LogP contribution in [0.5, 0.6) is 0 Å². The lowest BCUT2D eigenvalue weighted by atomic mass is 9.96. The Morgan fingerprint density at radius 2 is 2.19 bits per heavy atom. The Bertz CT molecular complexity index is 596. The van der Waals surface area contributed by atoms with Crippen LogP contribution in [0.25, 0.3) is 0 Å². The number of hydrogen-bond acceptors (Lipinski definition) is 6. The maximum absolute atomic E-state index is 12.2. The molecular weight excluding hydrogens is 368 g/mol. The van der Waals surface area contributed by atoms with E-state index in [4.69, 9.17) is 23.0 Å². The van der Waals surface area contributed by atoms with Crippen LogP contribution in [0.1, 0.15) is 37.9 Å². The Kier molecular flexibility index (Phi) is 7.43. The van der Waals surface area contributed by atoms with Crippen molar-refractivity contribution in [1.29, 1.82) is 0 Å². The molecule has 2 unspecified atom stereocenters. The number of thioether (sulfide) groups is 1. The van der Waals surface area contributed by atoms with Gasteiger partial charge in [-0.05, 0) is 26.2 Å². The fourth-order valence-corrected chi connectivity index (χ4v) is 5.37. The first kappa shape index (κ1) is 18.9. The molecule has 3 rings (SSSR count). The highest BCUT2D eigenvalue weighted by atomic mass is 32.2. The van der Waals surface area contributed by atoms with Crippen molar-refractivity contribution in [3.8, 4) is 0 Å². The van der Waals surface area contributed by atoms with Crippen LogP contribution >= 0.6 is 20.3 Å². The normalized spacial score (nSPS) is 28.2. The number of nitrogens with zero attached hydrogens (tertiary/aromatic N) is 1. The Morgan fingerprint density at radius 3 is 2.92 bits per heavy atom. The van der Waals surface area contributed by atoms with Crippen molar-refractivity contribution in [1.82, 2.24) is 4.67 Å². The number of benzene rings is 1. The standard InChI is InChI=1S/C18H25BNO4PS/c1-14-16(13-17(19)23-14)24-25(20-9-5-6-10-20)22-11-12-26-18(21)15-7-3-2-4-8-15/h2-4,7-8,14,16-17H,5-6,9-13H2,1H3/t14-,16?,17-,25?/m1/s1/i1D. The fraction of sp³-hybridized carbons (Fsp3) is 0.611. The SMILES string of the molecule is [2H]C[C@H]1O[C@@H]([B])CC1OP(OCCSC(=O)c1ccccc1)N1CCCC1. The van der Waals surface area contributed by atoms with Gasteiger partial charge in [-0.2, -0.15) is 0 Å². The molecule has 0 N–H and O–H groups in total. The zero-order valence-corrected chi connectivity index (χ0v) is 16.5. The van der Waals surface area contributed by atoms with Crippen LogP contribution in [-0.4, -0.2) is 61.3 Å². The zero-order valence-electron chi connectivity index (χ0n) is 15.8. The van der Waals surface area contributed by atoms with Crippen LogP contribution in [-0.2, 0) is 13.8 Å². The van der Waals surface area contributed by atoms with Gasteiger partial charge in [0.25, 0.3) is 8.53 Å². The first-order valence-corrected chi connectivity index (χ1v) is 11.1. The molecule has 0 bridgehead atoms. The third-order valence-electron chi connectivity index (χ3n) is 4.30. The maximum atomic E-state index is 12.2. The molecule has 0 amide bonds. The van der Waals surface area contributed by atoms with Gasteiger partial charge in [0.2, 0.25) is 5.12 Å². The summed E-state index contributed by atoms with van der Waals surface area (Å²) in [5, 5.41) is 0.0510. The van der Waals surface area contributed by atoms with Gasteiger partial charge in [0, 0.05) is 31.8 Å². The van der Waals surface area contributed by atoms with Crippen molar-refractivity contribution >= 4 is 33.2 Å². The Labute approximate surface area is 163 Å². The second-order valence-corrected chi connectivity index (χ2v) is 8.90. The van der Waals surface area contributed by atoms with Crippen LogP contribution < -0.4 is 0 Å². The molecule has 0 aromatic heterocycles. The molecule has 1 aromatic carbocycles.